The van der Waals surface area contributed by atoms with Gasteiger partial charge in [-0.3, -0.25) is 13.4 Å². The van der Waals surface area contributed by atoms with E-state index in [1.54, 1.807) is 52.6 Å². The number of hydrogen-bond acceptors (Lipinski definition) is 7. The fourth-order valence-corrected chi connectivity index (χ4v) is 17.5. The lowest BCUT2D eigenvalue weighted by molar-refractivity contribution is 0.296. The van der Waals surface area contributed by atoms with Crippen LogP contribution >= 0.6 is 11.8 Å². The monoisotopic (exact) mass is 1410 g/mol. The molecule has 9 nitrogen and oxygen atoms in total. The molecule has 0 saturated heterocycles. The first-order valence-electron chi connectivity index (χ1n) is 43.9. The number of aromatic nitrogens is 7. The third-order valence-corrected chi connectivity index (χ3v) is 24.3. The Hall–Kier alpha value is -10.8. The molecule has 0 saturated carbocycles. The van der Waals surface area contributed by atoms with Crippen LogP contribution in [0.3, 0.4) is 0 Å². The number of hydrogen-bond donors (Lipinski definition) is 0. The smallest absolute Gasteiger partial charge is 0.307 e. The quantitative estimate of drug-likeness (QED) is 0.157. The second kappa shape index (κ2) is 24.4. The Labute approximate surface area is 644 Å². The van der Waals surface area contributed by atoms with Gasteiger partial charge in [-0.15, -0.1) is 0 Å². The molecule has 16 aromatic rings. The highest BCUT2D eigenvalue weighted by molar-refractivity contribution is 7.99. The number of nitrogens with zero attached hydrogens (tertiary/aromatic N) is 7. The van der Waals surface area contributed by atoms with Crippen molar-refractivity contribution in [1.82, 2.24) is 33.3 Å². The molecule has 0 atom stereocenters. The van der Waals surface area contributed by atoms with E-state index in [9.17, 15) is 0 Å². The molecule has 0 N–H and O–H groups in total. The van der Waals surface area contributed by atoms with Gasteiger partial charge in [-0.25, -0.2) is 15.0 Å². The summed E-state index contributed by atoms with van der Waals surface area (Å²) in [5, 5.41) is 0. The third-order valence-electron chi connectivity index (χ3n) is 23.1. The normalized spacial score (nSPS) is 18.0. The summed E-state index contributed by atoms with van der Waals surface area (Å²) >= 11 is 1.77. The zero-order valence-corrected chi connectivity index (χ0v) is 61.5. The summed E-state index contributed by atoms with van der Waals surface area (Å²) in [6, 6.07) is 65.9. The van der Waals surface area contributed by atoms with Gasteiger partial charge in [0, 0.05) is 78.1 Å². The summed E-state index contributed by atoms with van der Waals surface area (Å²) in [5.41, 5.74) is 12.1. The van der Waals surface area contributed by atoms with Crippen molar-refractivity contribution >= 4 is 67.6 Å². The molecule has 0 fully saturated rings. The average molecular weight is 1410 g/mol. The van der Waals surface area contributed by atoms with E-state index in [-0.39, 0.29) is 101 Å². The highest BCUT2D eigenvalue weighted by Gasteiger charge is 2.47. The van der Waals surface area contributed by atoms with Gasteiger partial charge in [0.1, 0.15) is 11.5 Å². The maximum absolute atomic E-state index is 8.85. The average Bonchev–Trinajstić information content (AvgIpc) is 1.58. The molecule has 7 heterocycles. The number of para-hydroxylation sites is 7. The van der Waals surface area contributed by atoms with Gasteiger partial charge in [-0.1, -0.05) is 228 Å². The molecule has 10 heteroatoms. The standard InChI is InChI=1S/C49H47N3S.C46H42N4O2/c1-30-22-24-32(44-37(47(3,4)5)26-27-38-45(44)53-43-21-15-10-16-36(43)48(6,7)49(38,8)9)28-34(30)35-29-33(25-23-31(35)2)51-41-19-13-14-20-42(41)52-40-18-12-11-17-39(40)50-46(51)52;1-9-29-21-23-36-42(52-44-48-34-15-11-12-16-35(34)50(36)44)39(29)43-47-25-28(4)40(49-43)31-24-30(20-18-26(31)2)38-27(3)19-22-33-41(38)51-37-17-13-10-14-32(37)45(5,6)46(33,7)8/h10-29H,1-9H3;10-25H,9H2,1-8H3/i1D3,2D3;2D3,3D3,4D3,9D2. The van der Waals surface area contributed by atoms with Crippen LogP contribution in [0.25, 0.3) is 118 Å². The molecule has 0 spiro atoms. The van der Waals surface area contributed by atoms with E-state index in [1.807, 2.05) is 120 Å². The van der Waals surface area contributed by atoms with Crippen LogP contribution < -0.4 is 4.74 Å². The highest BCUT2D eigenvalue weighted by atomic mass is 32.2. The topological polar surface area (TPSA) is 87.7 Å². The van der Waals surface area contributed by atoms with Crippen LogP contribution in [0.1, 0.15) is 168 Å². The fourth-order valence-electron chi connectivity index (χ4n) is 16.0. The number of rotatable bonds is 7. The van der Waals surface area contributed by atoms with E-state index in [4.69, 9.17) is 42.4 Å². The number of fused-ring (bicyclic) bond motifs is 14. The lowest BCUT2D eigenvalue weighted by atomic mass is 9.60. The molecule has 0 unspecified atom stereocenters. The number of aryl methyl sites for hydroxylation is 6. The summed E-state index contributed by atoms with van der Waals surface area (Å²) in [6.45, 7) is 12.2. The first kappa shape index (κ1) is 50.6. The molecule has 0 aliphatic carbocycles. The van der Waals surface area contributed by atoms with Crippen molar-refractivity contribution in [3.8, 4) is 73.2 Å². The minimum atomic E-state index is -2.87. The molecule has 18 rings (SSSR count). The van der Waals surface area contributed by atoms with E-state index in [0.29, 0.717) is 44.9 Å². The van der Waals surface area contributed by atoms with E-state index >= 15 is 0 Å². The van der Waals surface area contributed by atoms with Crippen molar-refractivity contribution in [1.29, 1.82) is 0 Å². The van der Waals surface area contributed by atoms with Crippen molar-refractivity contribution < 1.29 is 32.5 Å². The van der Waals surface area contributed by atoms with Crippen molar-refractivity contribution in [2.75, 3.05) is 0 Å². The number of imidazole rings is 3. The molecule has 2 aliphatic heterocycles. The minimum Gasteiger partial charge on any atom is -0.456 e. The minimum absolute atomic E-state index is 0.0573. The van der Waals surface area contributed by atoms with Crippen LogP contribution in [-0.2, 0) is 33.4 Å². The molecule has 522 valence electrons. The molecular formula is C95H89N7O2S. The van der Waals surface area contributed by atoms with Crippen LogP contribution in [0, 0.1) is 34.3 Å². The van der Waals surface area contributed by atoms with Crippen LogP contribution in [0.2, 0.25) is 0 Å². The zero-order valence-electron chi connectivity index (χ0n) is 77.6. The molecule has 2 aliphatic rings. The van der Waals surface area contributed by atoms with E-state index in [1.165, 1.54) is 41.1 Å². The first-order valence-corrected chi connectivity index (χ1v) is 36.2. The summed E-state index contributed by atoms with van der Waals surface area (Å²) < 4.78 is 168. The van der Waals surface area contributed by atoms with E-state index in [2.05, 4.69) is 133 Å². The molecular weight excluding hydrogens is 1300 g/mol. The molecule has 0 radical (unpaired) electrons. The molecule has 0 bridgehead atoms. The Morgan fingerprint density at radius 3 is 1.77 bits per heavy atom. The van der Waals surface area contributed by atoms with E-state index < -0.39 is 51.5 Å². The van der Waals surface area contributed by atoms with Gasteiger partial charge in [0.2, 0.25) is 5.78 Å². The predicted octanol–water partition coefficient (Wildman–Crippen LogP) is 25.3. The molecule has 5 aromatic heterocycles. The van der Waals surface area contributed by atoms with Gasteiger partial charge < -0.3 is 9.15 Å². The van der Waals surface area contributed by atoms with Gasteiger partial charge >= 0.3 is 5.84 Å². The summed E-state index contributed by atoms with van der Waals surface area (Å²) in [6.07, 6.45) is -0.890. The highest BCUT2D eigenvalue weighted by Crippen LogP contribution is 2.59. The Balaban J connectivity index is 0.000000174. The summed E-state index contributed by atoms with van der Waals surface area (Å²) in [7, 11) is 0. The fraction of sp³-hybridized carbons (Fsp3) is 0.242. The first-order chi connectivity index (χ1) is 57.0. The SMILES string of the molecule is [2H]C([2H])([2H])c1ccc(-c2c(C(C)(C)C)ccc3c2Sc2ccccc2C(C)(C)C3(C)C)cc1-c1cc(-n2c3ccccc3n3c4ccccc4nc23)ccc1C([2H])([2H])[2H].[2H]C([2H])([2H])c1ccc(-c2c(C([2H])([2H])[2H])ccc3c2Oc2ccccc2C(C)(C)C3(C)C)cc1-c1nc(-c2c(C([2H])([2H])C)ccc3c2oc2nc4ccccc4n23)ncc1C([2H])([2H])[2H]. The second-order valence-corrected chi connectivity index (χ2v) is 31.9. The van der Waals surface area contributed by atoms with Crippen molar-refractivity contribution in [2.45, 2.75) is 161 Å². The maximum atomic E-state index is 8.85. The summed E-state index contributed by atoms with van der Waals surface area (Å²) in [5.74, 6) is 1.57. The van der Waals surface area contributed by atoms with Gasteiger partial charge in [0.05, 0.1) is 49.9 Å². The Morgan fingerprint density at radius 2 is 1.05 bits per heavy atom. The maximum Gasteiger partial charge on any atom is 0.307 e. The van der Waals surface area contributed by atoms with E-state index in [0.717, 1.165) is 60.9 Å². The molecule has 11 aromatic carbocycles. The van der Waals surface area contributed by atoms with Gasteiger partial charge in [0.25, 0.3) is 0 Å². The Bertz CT molecular complexity index is 7000. The molecule has 0 amide bonds. The lowest BCUT2D eigenvalue weighted by Crippen LogP contribution is -2.40. The summed E-state index contributed by atoms with van der Waals surface area (Å²) in [4.78, 5) is 21.4. The second-order valence-electron chi connectivity index (χ2n) is 30.8. The van der Waals surface area contributed by atoms with Crippen molar-refractivity contribution in [3.05, 3.63) is 280 Å². The lowest BCUT2D eigenvalue weighted by Gasteiger charge is -2.43. The predicted molar refractivity (Wildman–Crippen MR) is 436 cm³/mol. The Kier molecular flexibility index (Phi) is 11.7. The van der Waals surface area contributed by atoms with Crippen molar-refractivity contribution in [2.24, 2.45) is 0 Å². The van der Waals surface area contributed by atoms with Crippen LogP contribution in [0.5, 0.6) is 11.5 Å². The van der Waals surface area contributed by atoms with Crippen LogP contribution in [0.4, 0.5) is 0 Å². The number of oxazole rings is 1. The van der Waals surface area contributed by atoms with Gasteiger partial charge in [-0.05, 0) is 214 Å². The van der Waals surface area contributed by atoms with Gasteiger partial charge in [-0.2, -0.15) is 4.98 Å². The Morgan fingerprint density at radius 1 is 0.476 bits per heavy atom. The van der Waals surface area contributed by atoms with Crippen molar-refractivity contribution in [3.63, 3.8) is 0 Å². The molecule has 105 heavy (non-hydrogen) atoms. The third kappa shape index (κ3) is 10.4. The largest absolute Gasteiger partial charge is 0.456 e. The zero-order chi connectivity index (χ0) is 87.4. The number of benzene rings is 11. The van der Waals surface area contributed by atoms with Crippen LogP contribution in [0.15, 0.2) is 233 Å². The van der Waals surface area contributed by atoms with Crippen LogP contribution in [-0.4, -0.2) is 33.3 Å². The number of ether oxygens (including phenoxy) is 1. The van der Waals surface area contributed by atoms with Gasteiger partial charge in [0.15, 0.2) is 11.4 Å².